The van der Waals surface area contributed by atoms with Gasteiger partial charge in [0.2, 0.25) is 0 Å². The highest BCUT2D eigenvalue weighted by Gasteiger charge is 1.59. The zero-order valence-corrected chi connectivity index (χ0v) is 9.48. The van der Waals surface area contributed by atoms with Crippen molar-refractivity contribution in [3.63, 3.8) is 0 Å². The van der Waals surface area contributed by atoms with Gasteiger partial charge >= 0.3 is 0 Å². The Kier molecular flexibility index (Phi) is 7.52. The van der Waals surface area contributed by atoms with Crippen molar-refractivity contribution in [2.75, 3.05) is 0 Å². The predicted octanol–water partition coefficient (Wildman–Crippen LogP) is 3.18. The third-order valence-corrected chi connectivity index (χ3v) is 1.63. The third-order valence-electron chi connectivity index (χ3n) is 1.63. The van der Waals surface area contributed by atoms with E-state index in [4.69, 9.17) is 0 Å². The molecule has 3 rings (SSSR count). The van der Waals surface area contributed by atoms with Crippen LogP contribution in [0.3, 0.4) is 0 Å². The van der Waals surface area contributed by atoms with E-state index in [0.717, 1.165) is 0 Å². The van der Waals surface area contributed by atoms with E-state index in [9.17, 15) is 0 Å². The highest BCUT2D eigenvalue weighted by atomic mass is 14.6. The van der Waals surface area contributed by atoms with Crippen molar-refractivity contribution in [1.29, 1.82) is 0 Å². The number of hydrogen-bond acceptors (Lipinski definition) is 2. The molecular formula is C14H15N3. The maximum Gasteiger partial charge on any atom is 0.0267 e. The van der Waals surface area contributed by atoms with Gasteiger partial charge in [-0.2, -0.15) is 0 Å². The van der Waals surface area contributed by atoms with E-state index >= 15 is 0 Å². The van der Waals surface area contributed by atoms with Crippen LogP contribution in [0.1, 0.15) is 0 Å². The monoisotopic (exact) mass is 225 g/mol. The predicted molar refractivity (Wildman–Crippen MR) is 69.3 cm³/mol. The third kappa shape index (κ3) is 8.57. The van der Waals surface area contributed by atoms with Crippen LogP contribution < -0.4 is 0 Å². The molecule has 0 saturated heterocycles. The van der Waals surface area contributed by atoms with Crippen molar-refractivity contribution in [1.82, 2.24) is 15.0 Å². The van der Waals surface area contributed by atoms with Crippen LogP contribution >= 0.6 is 0 Å². The van der Waals surface area contributed by atoms with Crippen LogP contribution in [0.5, 0.6) is 0 Å². The van der Waals surface area contributed by atoms with Gasteiger partial charge in [0.25, 0.3) is 0 Å². The first kappa shape index (κ1) is 12.6. The Bertz CT molecular complexity index is 321. The Morgan fingerprint density at radius 1 is 0.471 bits per heavy atom. The van der Waals surface area contributed by atoms with Crippen LogP contribution in [0.4, 0.5) is 0 Å². The fourth-order valence-electron chi connectivity index (χ4n) is 0.903. The van der Waals surface area contributed by atoms with Gasteiger partial charge in [-0.15, -0.1) is 0 Å². The van der Waals surface area contributed by atoms with Gasteiger partial charge in [-0.1, -0.05) is 12.1 Å². The van der Waals surface area contributed by atoms with Gasteiger partial charge in [0.15, 0.2) is 0 Å². The van der Waals surface area contributed by atoms with Crippen molar-refractivity contribution in [3.8, 4) is 0 Å². The van der Waals surface area contributed by atoms with E-state index in [2.05, 4.69) is 15.0 Å². The molecule has 3 nitrogen and oxygen atoms in total. The van der Waals surface area contributed by atoms with Crippen LogP contribution in [-0.2, 0) is 0 Å². The SMILES string of the molecule is c1cc[nH]c1.c1ccncc1.c1ccncc1. The Balaban J connectivity index is 0.000000128. The molecular weight excluding hydrogens is 210 g/mol. The first-order valence-corrected chi connectivity index (χ1v) is 5.28. The number of pyridine rings is 2. The first-order chi connectivity index (χ1) is 8.50. The standard InChI is InChI=1S/2C5H5N.C4H5N/c2*1-2-4-6-5-3-1;1-2-4-5-3-1/h2*1-5H;1-5H. The minimum Gasteiger partial charge on any atom is -0.368 e. The van der Waals surface area contributed by atoms with Gasteiger partial charge in [-0.05, 0) is 36.4 Å². The largest absolute Gasteiger partial charge is 0.368 e. The lowest BCUT2D eigenvalue weighted by molar-refractivity contribution is 1.33. The first-order valence-electron chi connectivity index (χ1n) is 5.28. The molecule has 3 aromatic heterocycles. The Labute approximate surface area is 101 Å². The summed E-state index contributed by atoms with van der Waals surface area (Å²) in [5.41, 5.74) is 0. The Morgan fingerprint density at radius 3 is 1.00 bits per heavy atom. The van der Waals surface area contributed by atoms with Crippen LogP contribution in [0.25, 0.3) is 0 Å². The van der Waals surface area contributed by atoms with Crippen LogP contribution in [0.2, 0.25) is 0 Å². The second-order valence-corrected chi connectivity index (χ2v) is 2.93. The summed E-state index contributed by atoms with van der Waals surface area (Å²) in [7, 11) is 0. The Morgan fingerprint density at radius 2 is 0.882 bits per heavy atom. The van der Waals surface area contributed by atoms with Gasteiger partial charge in [0.1, 0.15) is 0 Å². The van der Waals surface area contributed by atoms with E-state index in [-0.39, 0.29) is 0 Å². The number of nitrogens with one attached hydrogen (secondary N) is 1. The van der Waals surface area contributed by atoms with Gasteiger partial charge in [0.05, 0.1) is 0 Å². The van der Waals surface area contributed by atoms with Gasteiger partial charge in [-0.25, -0.2) is 0 Å². The number of rotatable bonds is 0. The summed E-state index contributed by atoms with van der Waals surface area (Å²) in [5, 5.41) is 0. The van der Waals surface area contributed by atoms with E-state index in [1.54, 1.807) is 24.8 Å². The molecule has 0 aliphatic heterocycles. The molecule has 17 heavy (non-hydrogen) atoms. The average molecular weight is 225 g/mol. The molecule has 0 spiro atoms. The smallest absolute Gasteiger partial charge is 0.0267 e. The van der Waals surface area contributed by atoms with Crippen molar-refractivity contribution >= 4 is 0 Å². The van der Waals surface area contributed by atoms with Crippen molar-refractivity contribution < 1.29 is 0 Å². The summed E-state index contributed by atoms with van der Waals surface area (Å²) < 4.78 is 0. The maximum atomic E-state index is 3.78. The normalized spacial score (nSPS) is 8.00. The molecule has 1 N–H and O–H groups in total. The summed E-state index contributed by atoms with van der Waals surface area (Å²) in [6.07, 6.45) is 10.8. The van der Waals surface area contributed by atoms with Crippen molar-refractivity contribution in [3.05, 3.63) is 85.7 Å². The molecule has 3 heterocycles. The zero-order valence-electron chi connectivity index (χ0n) is 9.48. The lowest BCUT2D eigenvalue weighted by atomic mass is 10.5. The lowest BCUT2D eigenvalue weighted by Crippen LogP contribution is -1.58. The van der Waals surface area contributed by atoms with E-state index in [0.29, 0.717) is 0 Å². The number of nitrogens with zero attached hydrogens (tertiary/aromatic N) is 2. The van der Waals surface area contributed by atoms with Gasteiger partial charge in [0, 0.05) is 37.2 Å². The second-order valence-electron chi connectivity index (χ2n) is 2.93. The molecule has 0 amide bonds. The average Bonchev–Trinajstić information content (AvgIpc) is 3.03. The second kappa shape index (κ2) is 10.1. The molecule has 0 aliphatic carbocycles. The summed E-state index contributed by atoms with van der Waals surface area (Å²) in [4.78, 5) is 10.4. The number of hydrogen-bond donors (Lipinski definition) is 1. The summed E-state index contributed by atoms with van der Waals surface area (Å²) in [6.45, 7) is 0. The van der Waals surface area contributed by atoms with Crippen LogP contribution in [0, 0.1) is 0 Å². The van der Waals surface area contributed by atoms with Gasteiger partial charge in [-0.3, -0.25) is 9.97 Å². The molecule has 0 bridgehead atoms. The molecule has 0 radical (unpaired) electrons. The Hall–Kier alpha value is -2.42. The number of aromatic nitrogens is 3. The fourth-order valence-corrected chi connectivity index (χ4v) is 0.903. The topological polar surface area (TPSA) is 41.6 Å². The quantitative estimate of drug-likeness (QED) is 0.638. The molecule has 0 aromatic carbocycles. The highest BCUT2D eigenvalue weighted by Crippen LogP contribution is 1.74. The molecule has 0 fully saturated rings. The van der Waals surface area contributed by atoms with Crippen LogP contribution in [-0.4, -0.2) is 15.0 Å². The van der Waals surface area contributed by atoms with Gasteiger partial charge < -0.3 is 4.98 Å². The number of aromatic amines is 1. The van der Waals surface area contributed by atoms with Crippen molar-refractivity contribution in [2.24, 2.45) is 0 Å². The molecule has 0 atom stereocenters. The van der Waals surface area contributed by atoms with E-state index in [1.165, 1.54) is 0 Å². The molecule has 3 heteroatoms. The minimum absolute atomic E-state index is 1.75. The summed E-state index contributed by atoms with van der Waals surface area (Å²) in [5.74, 6) is 0. The van der Waals surface area contributed by atoms with E-state index in [1.807, 2.05) is 60.9 Å². The van der Waals surface area contributed by atoms with Crippen LogP contribution in [0.15, 0.2) is 85.7 Å². The summed E-state index contributed by atoms with van der Waals surface area (Å²) in [6, 6.07) is 15.3. The lowest BCUT2D eigenvalue weighted by Gasteiger charge is -1.70. The number of H-pyrrole nitrogens is 1. The fraction of sp³-hybridized carbons (Fsp3) is 0. The minimum atomic E-state index is 1.75. The molecule has 0 aliphatic rings. The molecule has 0 unspecified atom stereocenters. The molecule has 86 valence electrons. The molecule has 3 aromatic rings. The molecule has 0 saturated carbocycles. The summed E-state index contributed by atoms with van der Waals surface area (Å²) >= 11 is 0. The van der Waals surface area contributed by atoms with E-state index < -0.39 is 0 Å². The highest BCUT2D eigenvalue weighted by molar-refractivity contribution is 4.88. The zero-order chi connectivity index (χ0) is 12.0. The maximum absolute atomic E-state index is 3.78. The van der Waals surface area contributed by atoms with Crippen molar-refractivity contribution in [2.45, 2.75) is 0 Å².